The number of nitrogens with one attached hydrogen (secondary N) is 2. The SMILES string of the molecule is CCOC(=O)c1ccc(Nc2nc(C)cc(C(=O)NCc3ccco3)n2)cc1. The molecule has 3 aromatic rings. The van der Waals surface area contributed by atoms with Gasteiger partial charge in [-0.25, -0.2) is 14.8 Å². The molecule has 1 aromatic carbocycles. The van der Waals surface area contributed by atoms with Gasteiger partial charge in [0.25, 0.3) is 5.91 Å². The average molecular weight is 380 g/mol. The van der Waals surface area contributed by atoms with E-state index in [9.17, 15) is 9.59 Å². The van der Waals surface area contributed by atoms with Crippen LogP contribution in [0.3, 0.4) is 0 Å². The first-order valence-electron chi connectivity index (χ1n) is 8.75. The second-order valence-corrected chi connectivity index (χ2v) is 5.90. The molecule has 0 aliphatic carbocycles. The van der Waals surface area contributed by atoms with Crippen molar-refractivity contribution in [3.63, 3.8) is 0 Å². The first-order chi connectivity index (χ1) is 13.5. The highest BCUT2D eigenvalue weighted by atomic mass is 16.5. The molecule has 3 rings (SSSR count). The third-order valence-electron chi connectivity index (χ3n) is 3.74. The molecule has 0 saturated heterocycles. The van der Waals surface area contributed by atoms with Crippen LogP contribution in [0.5, 0.6) is 0 Å². The minimum atomic E-state index is -0.378. The van der Waals surface area contributed by atoms with E-state index in [1.165, 1.54) is 0 Å². The summed E-state index contributed by atoms with van der Waals surface area (Å²) >= 11 is 0. The zero-order chi connectivity index (χ0) is 19.9. The lowest BCUT2D eigenvalue weighted by atomic mass is 10.2. The fourth-order valence-corrected chi connectivity index (χ4v) is 2.45. The van der Waals surface area contributed by atoms with E-state index in [4.69, 9.17) is 9.15 Å². The number of ether oxygens (including phenoxy) is 1. The third-order valence-corrected chi connectivity index (χ3v) is 3.74. The quantitative estimate of drug-likeness (QED) is 0.606. The highest BCUT2D eigenvalue weighted by Gasteiger charge is 2.12. The van der Waals surface area contributed by atoms with Crippen molar-refractivity contribution < 1.29 is 18.7 Å². The topological polar surface area (TPSA) is 106 Å². The minimum Gasteiger partial charge on any atom is -0.467 e. The Morgan fingerprint density at radius 1 is 1.14 bits per heavy atom. The van der Waals surface area contributed by atoms with Gasteiger partial charge in [-0.2, -0.15) is 0 Å². The van der Waals surface area contributed by atoms with Gasteiger partial charge in [0.2, 0.25) is 5.95 Å². The van der Waals surface area contributed by atoms with Crippen molar-refractivity contribution >= 4 is 23.5 Å². The maximum Gasteiger partial charge on any atom is 0.338 e. The molecular weight excluding hydrogens is 360 g/mol. The number of aromatic nitrogens is 2. The molecule has 0 bridgehead atoms. The lowest BCUT2D eigenvalue weighted by Crippen LogP contribution is -2.24. The largest absolute Gasteiger partial charge is 0.467 e. The monoisotopic (exact) mass is 380 g/mol. The van der Waals surface area contributed by atoms with Gasteiger partial charge >= 0.3 is 5.97 Å². The highest BCUT2D eigenvalue weighted by Crippen LogP contribution is 2.16. The first-order valence-corrected chi connectivity index (χ1v) is 8.75. The molecule has 0 unspecified atom stereocenters. The van der Waals surface area contributed by atoms with Crippen LogP contribution in [0.2, 0.25) is 0 Å². The predicted molar refractivity (Wildman–Crippen MR) is 102 cm³/mol. The van der Waals surface area contributed by atoms with Crippen LogP contribution in [-0.2, 0) is 11.3 Å². The van der Waals surface area contributed by atoms with Gasteiger partial charge in [-0.15, -0.1) is 0 Å². The van der Waals surface area contributed by atoms with Crippen LogP contribution in [0.15, 0.2) is 53.1 Å². The second kappa shape index (κ2) is 8.81. The Morgan fingerprint density at radius 2 is 1.93 bits per heavy atom. The Kier molecular flexibility index (Phi) is 6.01. The summed E-state index contributed by atoms with van der Waals surface area (Å²) in [6, 6.07) is 11.9. The Labute approximate surface area is 162 Å². The van der Waals surface area contributed by atoms with E-state index in [0.29, 0.717) is 29.3 Å². The van der Waals surface area contributed by atoms with Crippen molar-refractivity contribution in [2.24, 2.45) is 0 Å². The van der Waals surface area contributed by atoms with E-state index in [0.717, 1.165) is 0 Å². The molecule has 0 atom stereocenters. The smallest absolute Gasteiger partial charge is 0.338 e. The number of esters is 1. The molecule has 0 aliphatic rings. The Bertz CT molecular complexity index is 953. The number of benzene rings is 1. The first kappa shape index (κ1) is 19.1. The van der Waals surface area contributed by atoms with Crippen LogP contribution in [0.1, 0.15) is 39.2 Å². The van der Waals surface area contributed by atoms with Crippen LogP contribution in [0, 0.1) is 6.92 Å². The lowest BCUT2D eigenvalue weighted by molar-refractivity contribution is 0.0526. The van der Waals surface area contributed by atoms with Gasteiger partial charge in [-0.1, -0.05) is 0 Å². The molecule has 2 aromatic heterocycles. The number of carbonyl (C=O) groups is 2. The van der Waals surface area contributed by atoms with Gasteiger partial charge in [0.15, 0.2) is 0 Å². The van der Waals surface area contributed by atoms with E-state index in [1.54, 1.807) is 62.6 Å². The van der Waals surface area contributed by atoms with Gasteiger partial charge in [0.05, 0.1) is 25.0 Å². The van der Waals surface area contributed by atoms with Crippen molar-refractivity contribution in [1.82, 2.24) is 15.3 Å². The van der Waals surface area contributed by atoms with Gasteiger partial charge in [0.1, 0.15) is 11.5 Å². The number of anilines is 2. The molecule has 0 fully saturated rings. The molecule has 2 N–H and O–H groups in total. The normalized spacial score (nSPS) is 10.4. The van der Waals surface area contributed by atoms with Crippen LogP contribution < -0.4 is 10.6 Å². The van der Waals surface area contributed by atoms with Gasteiger partial charge < -0.3 is 19.8 Å². The van der Waals surface area contributed by atoms with Crippen LogP contribution in [-0.4, -0.2) is 28.5 Å². The fraction of sp³-hybridized carbons (Fsp3) is 0.200. The molecular formula is C20H20N4O4. The van der Waals surface area contributed by atoms with Crippen molar-refractivity contribution in [2.45, 2.75) is 20.4 Å². The van der Waals surface area contributed by atoms with Crippen molar-refractivity contribution in [1.29, 1.82) is 0 Å². The maximum atomic E-state index is 12.4. The summed E-state index contributed by atoms with van der Waals surface area (Å²) < 4.78 is 10.2. The molecule has 1 amide bonds. The summed E-state index contributed by atoms with van der Waals surface area (Å²) in [5.74, 6) is 0.227. The Hall–Kier alpha value is -3.68. The second-order valence-electron chi connectivity index (χ2n) is 5.90. The van der Waals surface area contributed by atoms with Crippen LogP contribution in [0.4, 0.5) is 11.6 Å². The van der Waals surface area contributed by atoms with Crippen molar-refractivity contribution in [3.05, 3.63) is 71.4 Å². The zero-order valence-electron chi connectivity index (χ0n) is 15.6. The molecule has 144 valence electrons. The van der Waals surface area contributed by atoms with Crippen LogP contribution >= 0.6 is 0 Å². The summed E-state index contributed by atoms with van der Waals surface area (Å²) in [6.45, 7) is 4.12. The molecule has 0 aliphatic heterocycles. The average Bonchev–Trinajstić information content (AvgIpc) is 3.20. The number of carbonyl (C=O) groups excluding carboxylic acids is 2. The fourth-order valence-electron chi connectivity index (χ4n) is 2.45. The molecule has 0 saturated carbocycles. The van der Waals surface area contributed by atoms with Gasteiger partial charge in [0, 0.05) is 11.4 Å². The van der Waals surface area contributed by atoms with E-state index in [1.807, 2.05) is 0 Å². The van der Waals surface area contributed by atoms with E-state index < -0.39 is 0 Å². The predicted octanol–water partition coefficient (Wildman–Crippen LogP) is 3.23. The summed E-state index contributed by atoms with van der Waals surface area (Å²) in [5, 5.41) is 5.78. The number of aryl methyl sites for hydroxylation is 1. The molecule has 2 heterocycles. The Morgan fingerprint density at radius 3 is 2.61 bits per heavy atom. The summed E-state index contributed by atoms with van der Waals surface area (Å²) in [7, 11) is 0. The number of nitrogens with zero attached hydrogens (tertiary/aromatic N) is 2. The molecule has 28 heavy (non-hydrogen) atoms. The number of hydrogen-bond acceptors (Lipinski definition) is 7. The summed E-state index contributed by atoms with van der Waals surface area (Å²) in [4.78, 5) is 32.6. The zero-order valence-corrected chi connectivity index (χ0v) is 15.6. The number of furan rings is 1. The molecule has 8 nitrogen and oxygen atoms in total. The third kappa shape index (κ3) is 4.94. The number of amides is 1. The van der Waals surface area contributed by atoms with Gasteiger partial charge in [-0.05, 0) is 56.3 Å². The standard InChI is InChI=1S/C20H20N4O4/c1-3-27-19(26)14-6-8-15(9-7-14)23-20-22-13(2)11-17(24-20)18(25)21-12-16-5-4-10-28-16/h4-11H,3,12H2,1-2H3,(H,21,25)(H,22,23,24). The molecule has 8 heteroatoms. The van der Waals surface area contributed by atoms with E-state index in [2.05, 4.69) is 20.6 Å². The lowest BCUT2D eigenvalue weighted by Gasteiger charge is -2.09. The summed E-state index contributed by atoms with van der Waals surface area (Å²) in [6.07, 6.45) is 1.55. The van der Waals surface area contributed by atoms with E-state index >= 15 is 0 Å². The minimum absolute atomic E-state index is 0.240. The number of hydrogen-bond donors (Lipinski definition) is 2. The van der Waals surface area contributed by atoms with Crippen molar-refractivity contribution in [2.75, 3.05) is 11.9 Å². The highest BCUT2D eigenvalue weighted by molar-refractivity contribution is 5.92. The Balaban J connectivity index is 1.69. The number of rotatable bonds is 7. The molecule has 0 spiro atoms. The maximum absolute atomic E-state index is 12.4. The summed E-state index contributed by atoms with van der Waals surface area (Å²) in [5.41, 5.74) is 2.02. The molecule has 0 radical (unpaired) electrons. The van der Waals surface area contributed by atoms with Gasteiger partial charge in [-0.3, -0.25) is 4.79 Å². The van der Waals surface area contributed by atoms with E-state index in [-0.39, 0.29) is 30.1 Å². The van der Waals surface area contributed by atoms with Crippen LogP contribution in [0.25, 0.3) is 0 Å². The van der Waals surface area contributed by atoms with Crippen molar-refractivity contribution in [3.8, 4) is 0 Å².